The van der Waals surface area contributed by atoms with Crippen molar-refractivity contribution in [2.75, 3.05) is 59.1 Å². The number of halogens is 1. The predicted octanol–water partition coefficient (Wildman–Crippen LogP) is 6.95. The van der Waals surface area contributed by atoms with E-state index in [-0.39, 0.29) is 12.4 Å². The summed E-state index contributed by atoms with van der Waals surface area (Å²) in [7, 11) is 0. The normalized spacial score (nSPS) is 13.9. The van der Waals surface area contributed by atoms with Crippen molar-refractivity contribution in [2.24, 2.45) is 0 Å². The van der Waals surface area contributed by atoms with Gasteiger partial charge in [-0.1, -0.05) is 41.9 Å². The fourth-order valence-electron chi connectivity index (χ4n) is 4.56. The molecular weight excluding hydrogens is 620 g/mol. The summed E-state index contributed by atoms with van der Waals surface area (Å²) in [5.74, 6) is 1.56. The lowest BCUT2D eigenvalue weighted by molar-refractivity contribution is -0.142. The summed E-state index contributed by atoms with van der Waals surface area (Å²) in [5.41, 5.74) is 1.05. The van der Waals surface area contributed by atoms with Crippen molar-refractivity contribution in [3.8, 4) is 33.4 Å². The highest BCUT2D eigenvalue weighted by Gasteiger charge is 2.18. The molecule has 224 valence electrons. The van der Waals surface area contributed by atoms with Gasteiger partial charge in [0.15, 0.2) is 5.75 Å². The van der Waals surface area contributed by atoms with E-state index in [0.717, 1.165) is 75.8 Å². The van der Waals surface area contributed by atoms with Crippen LogP contribution in [0.25, 0.3) is 20.5 Å². The molecular formula is C32H37BrN2O6S. The van der Waals surface area contributed by atoms with Gasteiger partial charge in [-0.25, -0.2) is 4.79 Å². The maximum atomic E-state index is 10.5. The molecule has 5 rings (SSSR count). The zero-order valence-electron chi connectivity index (χ0n) is 23.9. The first-order valence-corrected chi connectivity index (χ1v) is 15.7. The van der Waals surface area contributed by atoms with Crippen LogP contribution in [-0.2, 0) is 9.53 Å². The number of hydrogen-bond donors (Lipinski definition) is 2. The van der Waals surface area contributed by atoms with Crippen LogP contribution in [0.4, 0.5) is 0 Å². The Labute approximate surface area is 259 Å². The van der Waals surface area contributed by atoms with E-state index in [1.54, 1.807) is 23.5 Å². The van der Waals surface area contributed by atoms with E-state index in [1.165, 1.54) is 0 Å². The Hall–Kier alpha value is -3.15. The maximum Gasteiger partial charge on any atom is 0.329 e. The number of carboxylic acids is 1. The summed E-state index contributed by atoms with van der Waals surface area (Å²) < 4.78 is 19.5. The van der Waals surface area contributed by atoms with Gasteiger partial charge in [-0.15, -0.1) is 11.3 Å². The number of rotatable bonds is 12. The van der Waals surface area contributed by atoms with Crippen LogP contribution >= 0.6 is 27.3 Å². The molecule has 2 N–H and O–H groups in total. The fourth-order valence-corrected chi connectivity index (χ4v) is 5.99. The Morgan fingerprint density at radius 3 is 2.14 bits per heavy atom. The quantitative estimate of drug-likeness (QED) is 0.158. The minimum absolute atomic E-state index is 0.230. The minimum atomic E-state index is -0.934. The second-order valence-corrected chi connectivity index (χ2v) is 11.5. The molecule has 4 aromatic rings. The monoisotopic (exact) mass is 656 g/mol. The zero-order valence-corrected chi connectivity index (χ0v) is 26.3. The molecule has 10 heteroatoms. The number of carbonyl (C=O) groups is 1. The summed E-state index contributed by atoms with van der Waals surface area (Å²) >= 11 is 5.09. The summed E-state index contributed by atoms with van der Waals surface area (Å²) in [6, 6.07) is 21.1. The molecule has 0 saturated carbocycles. The summed E-state index contributed by atoms with van der Waals surface area (Å²) in [4.78, 5) is 16.2. The number of thiophene rings is 1. The standard InChI is InChI=1S/C30H31BrN2O6S.C2H6/c31-22-3-1-21(2-4-22)30-29(26-10-5-23(34)19-27(26)40-30)39-25-8-6-24(7-9-25)38-18-16-33-13-11-32(12-14-33)15-17-37-20-28(35)36;1-2/h1-10,19,34H,11-18,20H2,(H,35,36);1-2H3. The first-order chi connectivity index (χ1) is 20.4. The second kappa shape index (κ2) is 15.9. The number of carboxylic acid groups (broad SMARTS) is 1. The van der Waals surface area contributed by atoms with Gasteiger partial charge in [0, 0.05) is 53.8 Å². The summed E-state index contributed by atoms with van der Waals surface area (Å²) in [5, 5.41) is 19.6. The number of aliphatic carboxylic acids is 1. The van der Waals surface area contributed by atoms with Crippen molar-refractivity contribution in [3.63, 3.8) is 0 Å². The predicted molar refractivity (Wildman–Crippen MR) is 171 cm³/mol. The van der Waals surface area contributed by atoms with E-state index in [0.29, 0.717) is 19.0 Å². The van der Waals surface area contributed by atoms with E-state index in [2.05, 4.69) is 37.9 Å². The Balaban J connectivity index is 0.00000198. The summed E-state index contributed by atoms with van der Waals surface area (Å²) in [6.07, 6.45) is 0. The highest BCUT2D eigenvalue weighted by atomic mass is 79.9. The van der Waals surface area contributed by atoms with E-state index < -0.39 is 5.97 Å². The number of nitrogens with zero attached hydrogens (tertiary/aromatic N) is 2. The van der Waals surface area contributed by atoms with Crippen LogP contribution in [0.1, 0.15) is 13.8 Å². The number of ether oxygens (including phenoxy) is 3. The van der Waals surface area contributed by atoms with Gasteiger partial charge in [0.05, 0.1) is 11.5 Å². The molecule has 42 heavy (non-hydrogen) atoms. The fraction of sp³-hybridized carbons (Fsp3) is 0.344. The van der Waals surface area contributed by atoms with E-state index in [1.807, 2.05) is 56.3 Å². The third-order valence-electron chi connectivity index (χ3n) is 6.70. The van der Waals surface area contributed by atoms with Crippen molar-refractivity contribution >= 4 is 43.3 Å². The molecule has 1 aliphatic rings. The molecule has 3 aromatic carbocycles. The molecule has 0 bridgehead atoms. The molecule has 1 fully saturated rings. The third kappa shape index (κ3) is 8.92. The van der Waals surface area contributed by atoms with Crippen molar-refractivity contribution in [1.82, 2.24) is 9.80 Å². The van der Waals surface area contributed by atoms with Crippen LogP contribution in [0.5, 0.6) is 23.0 Å². The Bertz CT molecular complexity index is 1420. The largest absolute Gasteiger partial charge is 0.508 e. The van der Waals surface area contributed by atoms with Gasteiger partial charge in [-0.3, -0.25) is 9.80 Å². The van der Waals surface area contributed by atoms with Crippen molar-refractivity contribution in [3.05, 3.63) is 71.2 Å². The van der Waals surface area contributed by atoms with Crippen LogP contribution in [-0.4, -0.2) is 85.1 Å². The Morgan fingerprint density at radius 2 is 1.50 bits per heavy atom. The molecule has 8 nitrogen and oxygen atoms in total. The van der Waals surface area contributed by atoms with Crippen LogP contribution in [0.3, 0.4) is 0 Å². The zero-order chi connectivity index (χ0) is 29.9. The highest BCUT2D eigenvalue weighted by Crippen LogP contribution is 2.47. The first-order valence-electron chi connectivity index (χ1n) is 14.1. The van der Waals surface area contributed by atoms with Crippen LogP contribution < -0.4 is 9.47 Å². The number of hydrogen-bond acceptors (Lipinski definition) is 8. The van der Waals surface area contributed by atoms with Crippen molar-refractivity contribution < 1.29 is 29.2 Å². The lowest BCUT2D eigenvalue weighted by Crippen LogP contribution is -2.48. The van der Waals surface area contributed by atoms with E-state index in [9.17, 15) is 9.90 Å². The van der Waals surface area contributed by atoms with Crippen LogP contribution in [0, 0.1) is 0 Å². The molecule has 0 unspecified atom stereocenters. The van der Waals surface area contributed by atoms with Crippen LogP contribution in [0.2, 0.25) is 0 Å². The number of phenolic OH excluding ortho intramolecular Hbond substituents is 1. The average Bonchev–Trinajstić information content (AvgIpc) is 3.35. The Kier molecular flexibility index (Phi) is 12.0. The topological polar surface area (TPSA) is 91.7 Å². The highest BCUT2D eigenvalue weighted by molar-refractivity contribution is 9.10. The number of fused-ring (bicyclic) bond motifs is 1. The van der Waals surface area contributed by atoms with Gasteiger partial charge < -0.3 is 24.4 Å². The van der Waals surface area contributed by atoms with E-state index >= 15 is 0 Å². The average molecular weight is 658 g/mol. The third-order valence-corrected chi connectivity index (χ3v) is 8.41. The number of piperazine rings is 1. The molecule has 2 heterocycles. The van der Waals surface area contributed by atoms with Gasteiger partial charge in [0.25, 0.3) is 0 Å². The summed E-state index contributed by atoms with van der Waals surface area (Å²) in [6.45, 7) is 10.1. The molecule has 0 amide bonds. The van der Waals surface area contributed by atoms with Gasteiger partial charge in [0.1, 0.15) is 30.5 Å². The lowest BCUT2D eigenvalue weighted by Gasteiger charge is -2.34. The number of benzene rings is 3. The molecule has 0 spiro atoms. The van der Waals surface area contributed by atoms with Crippen LogP contribution in [0.15, 0.2) is 71.2 Å². The number of phenols is 1. The Morgan fingerprint density at radius 1 is 0.881 bits per heavy atom. The SMILES string of the molecule is CC.O=C(O)COCCN1CCN(CCOc2ccc(Oc3c(-c4ccc(Br)cc4)sc4cc(O)ccc34)cc2)CC1. The first kappa shape index (κ1) is 31.8. The van der Waals surface area contributed by atoms with Gasteiger partial charge in [-0.2, -0.15) is 0 Å². The maximum absolute atomic E-state index is 10.5. The molecule has 1 aromatic heterocycles. The molecule has 0 radical (unpaired) electrons. The van der Waals surface area contributed by atoms with Gasteiger partial charge in [0.2, 0.25) is 0 Å². The minimum Gasteiger partial charge on any atom is -0.508 e. The van der Waals surface area contributed by atoms with Crippen molar-refractivity contribution in [1.29, 1.82) is 0 Å². The lowest BCUT2D eigenvalue weighted by atomic mass is 10.1. The smallest absolute Gasteiger partial charge is 0.329 e. The van der Waals surface area contributed by atoms with E-state index in [4.69, 9.17) is 19.3 Å². The number of aromatic hydroxyl groups is 1. The molecule has 1 aliphatic heterocycles. The van der Waals surface area contributed by atoms with Crippen molar-refractivity contribution in [2.45, 2.75) is 13.8 Å². The molecule has 1 saturated heterocycles. The molecule has 0 aliphatic carbocycles. The molecule has 0 atom stereocenters. The second-order valence-electron chi connectivity index (χ2n) is 9.50. The van der Waals surface area contributed by atoms with Gasteiger partial charge >= 0.3 is 5.97 Å². The van der Waals surface area contributed by atoms with Gasteiger partial charge in [-0.05, 0) is 60.2 Å².